The molecule has 0 saturated heterocycles. The molecule has 0 radical (unpaired) electrons. The minimum absolute atomic E-state index is 0.854. The Morgan fingerprint density at radius 1 is 0.826 bits per heavy atom. The highest BCUT2D eigenvalue weighted by Crippen LogP contribution is 2.30. The molecule has 23 heavy (non-hydrogen) atoms. The molecule has 2 nitrogen and oxygen atoms in total. The predicted octanol–water partition coefficient (Wildman–Crippen LogP) is 5.19. The monoisotopic (exact) mass is 317 g/mol. The van der Waals surface area contributed by atoms with Crippen LogP contribution in [0, 0.1) is 0 Å². The number of benzene rings is 2. The van der Waals surface area contributed by atoms with Gasteiger partial charge >= 0.3 is 0 Å². The largest absolute Gasteiger partial charge is 0.454 e. The summed E-state index contributed by atoms with van der Waals surface area (Å²) in [6, 6.07) is 19.1. The first-order chi connectivity index (χ1) is 11.0. The standard InChI is InChI=1S/C20H19NOSi/c1-23(2,3)15-9-10-16-17-12-18(14-7-5-4-6-8-14)21-13-20(17)22-19(16)11-15/h4-13H,1-3H3. The van der Waals surface area contributed by atoms with E-state index in [9.17, 15) is 0 Å². The number of hydrogen-bond acceptors (Lipinski definition) is 2. The zero-order valence-corrected chi connectivity index (χ0v) is 14.6. The van der Waals surface area contributed by atoms with E-state index >= 15 is 0 Å². The highest BCUT2D eigenvalue weighted by molar-refractivity contribution is 6.88. The molecular formula is C20H19NOSi. The van der Waals surface area contributed by atoms with Crippen molar-refractivity contribution >= 4 is 35.2 Å². The third-order valence-electron chi connectivity index (χ3n) is 4.29. The zero-order chi connectivity index (χ0) is 16.0. The number of hydrogen-bond donors (Lipinski definition) is 0. The van der Waals surface area contributed by atoms with Crippen LogP contribution in [0.15, 0.2) is 65.2 Å². The van der Waals surface area contributed by atoms with Crippen molar-refractivity contribution in [1.29, 1.82) is 0 Å². The van der Waals surface area contributed by atoms with Crippen LogP contribution in [0.5, 0.6) is 0 Å². The SMILES string of the molecule is C[Si](C)(C)c1ccc2c(c1)oc1cnc(-c3ccccc3)cc12. The van der Waals surface area contributed by atoms with Crippen LogP contribution in [0.25, 0.3) is 33.2 Å². The van der Waals surface area contributed by atoms with Crippen LogP contribution < -0.4 is 5.19 Å². The quantitative estimate of drug-likeness (QED) is 0.475. The smallest absolute Gasteiger partial charge is 0.153 e. The molecule has 3 heteroatoms. The first-order valence-corrected chi connectivity index (χ1v) is 11.4. The molecule has 114 valence electrons. The summed E-state index contributed by atoms with van der Waals surface area (Å²) in [5.74, 6) is 0. The fourth-order valence-corrected chi connectivity index (χ4v) is 4.06. The van der Waals surface area contributed by atoms with Gasteiger partial charge in [0.05, 0.1) is 20.0 Å². The lowest BCUT2D eigenvalue weighted by atomic mass is 10.1. The molecule has 0 unspecified atom stereocenters. The molecule has 0 saturated carbocycles. The first kappa shape index (κ1) is 14.2. The highest BCUT2D eigenvalue weighted by atomic mass is 28.3. The van der Waals surface area contributed by atoms with Crippen molar-refractivity contribution in [3.8, 4) is 11.3 Å². The van der Waals surface area contributed by atoms with Crippen molar-refractivity contribution in [2.75, 3.05) is 0 Å². The third kappa shape index (κ3) is 2.47. The Labute approximate surface area is 136 Å². The van der Waals surface area contributed by atoms with Gasteiger partial charge in [0, 0.05) is 16.3 Å². The summed E-state index contributed by atoms with van der Waals surface area (Å²) in [6.45, 7) is 7.06. The molecule has 0 aliphatic carbocycles. The summed E-state index contributed by atoms with van der Waals surface area (Å²) in [4.78, 5) is 4.56. The number of aromatic nitrogens is 1. The van der Waals surface area contributed by atoms with Gasteiger partial charge in [0.1, 0.15) is 5.58 Å². The molecule has 0 N–H and O–H groups in total. The van der Waals surface area contributed by atoms with Gasteiger partial charge in [-0.1, -0.05) is 67.3 Å². The zero-order valence-electron chi connectivity index (χ0n) is 13.6. The Kier molecular flexibility index (Phi) is 3.13. The Balaban J connectivity index is 1.93. The number of nitrogens with zero attached hydrogens (tertiary/aromatic N) is 1. The molecular weight excluding hydrogens is 298 g/mol. The second-order valence-electron chi connectivity index (χ2n) is 6.99. The first-order valence-electron chi connectivity index (χ1n) is 7.90. The summed E-state index contributed by atoms with van der Waals surface area (Å²) < 4.78 is 6.04. The number of rotatable bonds is 2. The lowest BCUT2D eigenvalue weighted by molar-refractivity contribution is 0.667. The topological polar surface area (TPSA) is 26.0 Å². The Bertz CT molecular complexity index is 997. The minimum Gasteiger partial charge on any atom is -0.454 e. The molecule has 0 bridgehead atoms. The van der Waals surface area contributed by atoms with Crippen molar-refractivity contribution in [3.05, 3.63) is 60.8 Å². The minimum atomic E-state index is -1.34. The van der Waals surface area contributed by atoms with E-state index in [4.69, 9.17) is 4.42 Å². The lowest BCUT2D eigenvalue weighted by Crippen LogP contribution is -2.37. The van der Waals surface area contributed by atoms with Crippen molar-refractivity contribution in [3.63, 3.8) is 0 Å². The van der Waals surface area contributed by atoms with Gasteiger partial charge in [-0.15, -0.1) is 0 Å². The van der Waals surface area contributed by atoms with Crippen molar-refractivity contribution in [1.82, 2.24) is 4.98 Å². The molecule has 0 fully saturated rings. The fourth-order valence-electron chi connectivity index (χ4n) is 2.92. The van der Waals surface area contributed by atoms with Gasteiger partial charge in [-0.2, -0.15) is 0 Å². The second kappa shape index (κ2) is 5.07. The van der Waals surface area contributed by atoms with E-state index in [-0.39, 0.29) is 0 Å². The predicted molar refractivity (Wildman–Crippen MR) is 99.9 cm³/mol. The second-order valence-corrected chi connectivity index (χ2v) is 12.1. The van der Waals surface area contributed by atoms with E-state index in [0.717, 1.165) is 27.8 Å². The molecule has 4 rings (SSSR count). The van der Waals surface area contributed by atoms with Crippen LogP contribution in [0.1, 0.15) is 0 Å². The van der Waals surface area contributed by atoms with Crippen LogP contribution in [0.3, 0.4) is 0 Å². The third-order valence-corrected chi connectivity index (χ3v) is 6.34. The van der Waals surface area contributed by atoms with E-state index in [1.54, 1.807) is 0 Å². The normalized spacial score (nSPS) is 12.1. The van der Waals surface area contributed by atoms with Crippen LogP contribution in [-0.2, 0) is 0 Å². The Morgan fingerprint density at radius 3 is 2.35 bits per heavy atom. The van der Waals surface area contributed by atoms with Crippen LogP contribution in [0.2, 0.25) is 19.6 Å². The Morgan fingerprint density at radius 2 is 1.61 bits per heavy atom. The lowest BCUT2D eigenvalue weighted by Gasteiger charge is -2.15. The van der Waals surface area contributed by atoms with E-state index in [0.29, 0.717) is 0 Å². The maximum atomic E-state index is 6.04. The fraction of sp³-hybridized carbons (Fsp3) is 0.150. The van der Waals surface area contributed by atoms with E-state index in [1.807, 2.05) is 24.4 Å². The molecule has 0 spiro atoms. The summed E-state index contributed by atoms with van der Waals surface area (Å²) in [5.41, 5.74) is 3.93. The summed E-state index contributed by atoms with van der Waals surface area (Å²) in [7, 11) is -1.34. The van der Waals surface area contributed by atoms with Crippen molar-refractivity contribution in [2.24, 2.45) is 0 Å². The molecule has 2 aromatic heterocycles. The molecule has 0 aliphatic heterocycles. The van der Waals surface area contributed by atoms with Crippen LogP contribution in [-0.4, -0.2) is 13.1 Å². The van der Waals surface area contributed by atoms with E-state index in [1.165, 1.54) is 10.6 Å². The average Bonchev–Trinajstić information content (AvgIpc) is 2.91. The number of pyridine rings is 1. The van der Waals surface area contributed by atoms with E-state index in [2.05, 4.69) is 61.0 Å². The van der Waals surface area contributed by atoms with Gasteiger partial charge in [0.25, 0.3) is 0 Å². The van der Waals surface area contributed by atoms with Gasteiger partial charge in [-0.05, 0) is 12.1 Å². The molecule has 0 atom stereocenters. The van der Waals surface area contributed by atoms with Crippen LogP contribution >= 0.6 is 0 Å². The average molecular weight is 317 g/mol. The molecule has 0 amide bonds. The summed E-state index contributed by atoms with van der Waals surface area (Å²) in [5, 5.41) is 3.72. The van der Waals surface area contributed by atoms with Crippen molar-refractivity contribution in [2.45, 2.75) is 19.6 Å². The highest BCUT2D eigenvalue weighted by Gasteiger charge is 2.18. The van der Waals surface area contributed by atoms with Gasteiger partial charge in [-0.25, -0.2) is 0 Å². The van der Waals surface area contributed by atoms with Crippen molar-refractivity contribution < 1.29 is 4.42 Å². The summed E-state index contributed by atoms with van der Waals surface area (Å²) in [6.07, 6.45) is 1.84. The van der Waals surface area contributed by atoms with Gasteiger partial charge in [-0.3, -0.25) is 4.98 Å². The van der Waals surface area contributed by atoms with Gasteiger partial charge in [0.2, 0.25) is 0 Å². The molecule has 0 aliphatic rings. The maximum Gasteiger partial charge on any atom is 0.153 e. The number of fused-ring (bicyclic) bond motifs is 3. The van der Waals surface area contributed by atoms with E-state index < -0.39 is 8.07 Å². The Hall–Kier alpha value is -2.39. The molecule has 2 heterocycles. The van der Waals surface area contributed by atoms with Crippen LogP contribution in [0.4, 0.5) is 0 Å². The summed E-state index contributed by atoms with van der Waals surface area (Å²) >= 11 is 0. The molecule has 2 aromatic carbocycles. The van der Waals surface area contributed by atoms with Gasteiger partial charge < -0.3 is 4.42 Å². The number of furan rings is 1. The molecule has 4 aromatic rings. The van der Waals surface area contributed by atoms with Gasteiger partial charge in [0.15, 0.2) is 5.58 Å². The maximum absolute atomic E-state index is 6.04.